The van der Waals surface area contributed by atoms with E-state index < -0.39 is 0 Å². The number of likely N-dealkylation sites (N-methyl/N-ethyl adjacent to an activating group) is 2. The number of hydrogen-bond donors (Lipinski definition) is 4. The van der Waals surface area contributed by atoms with Gasteiger partial charge in [-0.25, -0.2) is 4.98 Å². The first-order valence-electron chi connectivity index (χ1n) is 24.3. The minimum Gasteiger partial charge on any atom is -0.456 e. The lowest BCUT2D eigenvalue weighted by molar-refractivity contribution is 0.102. The van der Waals surface area contributed by atoms with Crippen LogP contribution in [0, 0.1) is 0 Å². The van der Waals surface area contributed by atoms with Crippen molar-refractivity contribution in [3.05, 3.63) is 149 Å². The summed E-state index contributed by atoms with van der Waals surface area (Å²) in [6.07, 6.45) is 0. The maximum atomic E-state index is 13.3. The van der Waals surface area contributed by atoms with Gasteiger partial charge in [-0.15, -0.1) is 0 Å². The number of aromatic nitrogens is 1. The van der Waals surface area contributed by atoms with Crippen LogP contribution in [0.3, 0.4) is 0 Å². The number of Topliss-reactive ketones (excluding diaryl/α,β-unsaturated/α-hetero) is 1. The number of aliphatic imine (C=N–C) groups is 1. The van der Waals surface area contributed by atoms with E-state index >= 15 is 0 Å². The normalized spacial score (nSPS) is 14.2. The van der Waals surface area contributed by atoms with Crippen LogP contribution >= 0.6 is 61.1 Å². The fraction of sp³-hybridized carbons (Fsp3) is 0.232. The summed E-state index contributed by atoms with van der Waals surface area (Å²) in [5, 5.41) is 12.1. The Kier molecular flexibility index (Phi) is 18.6. The van der Waals surface area contributed by atoms with Gasteiger partial charge in [0.15, 0.2) is 21.2 Å². The van der Waals surface area contributed by atoms with Gasteiger partial charge in [-0.1, -0.05) is 82.4 Å². The number of thiocarbonyl (C=S) groups is 1. The van der Waals surface area contributed by atoms with E-state index in [4.69, 9.17) is 32.5 Å². The monoisotopic (exact) mass is 1140 g/mol. The molecule has 75 heavy (non-hydrogen) atoms. The van der Waals surface area contributed by atoms with Crippen molar-refractivity contribution in [1.82, 2.24) is 14.8 Å². The SMILES string of the molecule is CCSC(N)=NC(=S)Nc1ccc(N2CCN(C)CC2)cc1.CN1CCN(c2ccc(Nc3nc(N)c(C(=O)c4ccc5oc6ccccc6c5c4)s3)cc2)CC1.O=C(CBr)c1ccc2oc3ccccc3c2c1.P. The van der Waals surface area contributed by atoms with E-state index in [2.05, 4.69) is 94.5 Å². The molecule has 2 aliphatic heterocycles. The number of nitrogens with two attached hydrogens (primary N) is 2. The highest BCUT2D eigenvalue weighted by atomic mass is 79.9. The molecule has 1 unspecified atom stereocenters. The molecular formula is C56H60BrN10O4PS3. The van der Waals surface area contributed by atoms with Gasteiger partial charge < -0.3 is 50.5 Å². The van der Waals surface area contributed by atoms with E-state index in [1.54, 1.807) is 12.1 Å². The maximum Gasteiger partial charge on any atom is 0.206 e. The second-order valence-electron chi connectivity index (χ2n) is 17.9. The molecule has 2 aliphatic rings. The van der Waals surface area contributed by atoms with E-state index in [9.17, 15) is 9.59 Å². The van der Waals surface area contributed by atoms with Gasteiger partial charge in [-0.05, 0) is 129 Å². The number of para-hydroxylation sites is 2. The highest BCUT2D eigenvalue weighted by molar-refractivity contribution is 9.09. The zero-order valence-electron chi connectivity index (χ0n) is 42.1. The molecule has 0 amide bonds. The van der Waals surface area contributed by atoms with Crippen molar-refractivity contribution in [3.8, 4) is 0 Å². The second kappa shape index (κ2) is 25.4. The molecule has 0 radical (unpaired) electrons. The number of fused-ring (bicyclic) bond motifs is 6. The van der Waals surface area contributed by atoms with Gasteiger partial charge in [0, 0.05) is 108 Å². The summed E-state index contributed by atoms with van der Waals surface area (Å²) >= 11 is 11.1. The fourth-order valence-electron chi connectivity index (χ4n) is 8.72. The number of rotatable bonds is 10. The molecule has 6 aromatic carbocycles. The molecule has 2 fully saturated rings. The molecule has 3 aromatic heterocycles. The summed E-state index contributed by atoms with van der Waals surface area (Å²) in [7, 11) is 4.31. The number of thiazole rings is 1. The van der Waals surface area contributed by atoms with Gasteiger partial charge >= 0.3 is 0 Å². The number of anilines is 6. The van der Waals surface area contributed by atoms with Crippen LogP contribution in [-0.4, -0.2) is 114 Å². The average molecular weight is 1140 g/mol. The van der Waals surface area contributed by atoms with Crippen LogP contribution in [0.15, 0.2) is 147 Å². The van der Waals surface area contributed by atoms with Crippen molar-refractivity contribution in [2.75, 3.05) is 104 Å². The summed E-state index contributed by atoms with van der Waals surface area (Å²) < 4.78 is 11.6. The molecule has 388 valence electrons. The first-order valence-corrected chi connectivity index (χ1v) is 27.6. The number of nitrogen functional groups attached to an aromatic ring is 1. The number of thioether (sulfide) groups is 1. The van der Waals surface area contributed by atoms with E-state index in [-0.39, 0.29) is 27.3 Å². The molecule has 0 bridgehead atoms. The number of carbonyl (C=O) groups is 2. The standard InChI is InChI=1S/C27H25N5O2S.C15H23N5S2.C14H9BrO2.H3P/c1-31-12-14-32(15-13-31)19-9-7-18(8-10-19)29-27-30-26(28)25(35-27)24(33)17-6-11-23-21(16-17)20-4-2-3-5-22(20)34-23;1-3-22-14(16)18-15(21)17-12-4-6-13(7-5-12)20-10-8-19(2)9-11-20;15-8-12(16)9-5-6-14-11(7-9)10-3-1-2-4-13(10)17-14;/h2-11,16H,12-15,28H2,1H3,(H,29,30);4-7H,3,8-11H2,1-2H3,(H3,16,17,18,21);1-7H,8H2;1H3. The number of piperazine rings is 2. The quantitative estimate of drug-likeness (QED) is 0.0254. The number of furan rings is 2. The van der Waals surface area contributed by atoms with E-state index in [1.807, 2.05) is 104 Å². The van der Waals surface area contributed by atoms with Crippen LogP contribution < -0.4 is 31.9 Å². The summed E-state index contributed by atoms with van der Waals surface area (Å²) in [5.74, 6) is 1.05. The number of benzene rings is 6. The summed E-state index contributed by atoms with van der Waals surface area (Å²) in [5.41, 5.74) is 20.7. The largest absolute Gasteiger partial charge is 0.456 e. The molecule has 14 nitrogen and oxygen atoms in total. The third-order valence-corrected chi connectivity index (χ3v) is 15.2. The van der Waals surface area contributed by atoms with Crippen molar-refractivity contribution in [1.29, 1.82) is 0 Å². The molecule has 0 aliphatic carbocycles. The smallest absolute Gasteiger partial charge is 0.206 e. The van der Waals surface area contributed by atoms with Gasteiger partial charge in [-0.2, -0.15) is 14.9 Å². The highest BCUT2D eigenvalue weighted by Gasteiger charge is 2.21. The number of halogens is 1. The van der Waals surface area contributed by atoms with Crippen LogP contribution in [0.5, 0.6) is 0 Å². The third kappa shape index (κ3) is 13.5. The zero-order chi connectivity index (χ0) is 51.7. The molecule has 2 saturated heterocycles. The lowest BCUT2D eigenvalue weighted by atomic mass is 10.1. The van der Waals surface area contributed by atoms with Crippen LogP contribution in [0.4, 0.5) is 33.7 Å². The number of nitrogens with one attached hydrogen (secondary N) is 2. The lowest BCUT2D eigenvalue weighted by Crippen LogP contribution is -2.44. The highest BCUT2D eigenvalue weighted by Crippen LogP contribution is 2.34. The topological polar surface area (TPSA) is 175 Å². The number of alkyl halides is 1. The van der Waals surface area contributed by atoms with E-state index in [1.165, 1.54) is 34.5 Å². The number of hydrogen-bond acceptors (Lipinski definition) is 14. The van der Waals surface area contributed by atoms with Crippen molar-refractivity contribution in [2.24, 2.45) is 10.7 Å². The van der Waals surface area contributed by atoms with Crippen molar-refractivity contribution >= 4 is 161 Å². The summed E-state index contributed by atoms with van der Waals surface area (Å²) in [4.78, 5) is 43.4. The summed E-state index contributed by atoms with van der Waals surface area (Å²) in [6, 6.07) is 43.3. The second-order valence-corrected chi connectivity index (χ2v) is 21.1. The lowest BCUT2D eigenvalue weighted by Gasteiger charge is -2.34. The Morgan fingerprint density at radius 1 is 0.693 bits per heavy atom. The van der Waals surface area contributed by atoms with E-state index in [0.29, 0.717) is 36.7 Å². The average Bonchev–Trinajstić information content (AvgIpc) is 4.11. The van der Waals surface area contributed by atoms with Crippen molar-refractivity contribution in [3.63, 3.8) is 0 Å². The van der Waals surface area contributed by atoms with Crippen molar-refractivity contribution in [2.45, 2.75) is 6.92 Å². The van der Waals surface area contributed by atoms with Gasteiger partial charge in [0.25, 0.3) is 0 Å². The molecule has 0 spiro atoms. The first kappa shape index (κ1) is 54.9. The predicted octanol–water partition coefficient (Wildman–Crippen LogP) is 11.8. The van der Waals surface area contributed by atoms with Crippen LogP contribution in [0.1, 0.15) is 32.5 Å². The molecule has 19 heteroatoms. The Bertz CT molecular complexity index is 3460. The van der Waals surface area contributed by atoms with E-state index in [0.717, 1.165) is 113 Å². The minimum absolute atomic E-state index is 0. The number of nitrogens with zero attached hydrogens (tertiary/aromatic N) is 6. The number of ketones is 2. The number of amidine groups is 1. The van der Waals surface area contributed by atoms with Gasteiger partial charge in [0.05, 0.1) is 5.33 Å². The van der Waals surface area contributed by atoms with Gasteiger partial charge in [0.2, 0.25) is 5.78 Å². The Labute approximate surface area is 461 Å². The maximum absolute atomic E-state index is 13.3. The number of carbonyl (C=O) groups excluding carboxylic acids is 2. The van der Waals surface area contributed by atoms with Crippen LogP contribution in [-0.2, 0) is 0 Å². The van der Waals surface area contributed by atoms with Crippen LogP contribution in [0.25, 0.3) is 43.9 Å². The predicted molar refractivity (Wildman–Crippen MR) is 328 cm³/mol. The Balaban J connectivity index is 0.000000160. The molecule has 9 aromatic rings. The molecular weight excluding hydrogens is 1080 g/mol. The van der Waals surface area contributed by atoms with Gasteiger partial charge in [0.1, 0.15) is 33.0 Å². The molecule has 5 heterocycles. The minimum atomic E-state index is -0.148. The molecule has 6 N–H and O–H groups in total. The molecule has 0 saturated carbocycles. The Morgan fingerprint density at radius 2 is 1.17 bits per heavy atom. The molecule has 1 atom stereocenters. The molecule has 11 rings (SSSR count). The Hall–Kier alpha value is -6.37. The summed E-state index contributed by atoms with van der Waals surface area (Å²) in [6.45, 7) is 10.6. The third-order valence-electron chi connectivity index (χ3n) is 12.8. The van der Waals surface area contributed by atoms with Gasteiger partial charge in [-0.3, -0.25) is 9.59 Å². The van der Waals surface area contributed by atoms with Crippen molar-refractivity contribution < 1.29 is 18.4 Å². The Morgan fingerprint density at radius 3 is 1.69 bits per heavy atom. The fourth-order valence-corrected chi connectivity index (χ4v) is 10.6. The zero-order valence-corrected chi connectivity index (χ0v) is 47.5. The van der Waals surface area contributed by atoms with Crippen LogP contribution in [0.2, 0.25) is 0 Å². The first-order chi connectivity index (χ1) is 35.9.